The third-order valence-electron chi connectivity index (χ3n) is 5.20. The van der Waals surface area contributed by atoms with Gasteiger partial charge in [0.15, 0.2) is 5.96 Å². The third kappa shape index (κ3) is 6.23. The number of nitrogens with zero attached hydrogens (tertiary/aromatic N) is 3. The van der Waals surface area contributed by atoms with Gasteiger partial charge in [0.1, 0.15) is 6.54 Å². The van der Waals surface area contributed by atoms with Gasteiger partial charge in [0.05, 0.1) is 0 Å². The van der Waals surface area contributed by atoms with E-state index in [4.69, 9.17) is 0 Å². The number of rotatable bonds is 4. The van der Waals surface area contributed by atoms with Gasteiger partial charge in [-0.25, -0.2) is 4.99 Å². The van der Waals surface area contributed by atoms with Gasteiger partial charge in [-0.1, -0.05) is 49.2 Å². The Morgan fingerprint density at radius 3 is 2.52 bits per heavy atom. The summed E-state index contributed by atoms with van der Waals surface area (Å²) in [7, 11) is 3.55. The quantitative estimate of drug-likeness (QED) is 0.407. The zero-order chi connectivity index (χ0) is 18.4. The first-order valence-electron chi connectivity index (χ1n) is 9.64. The average molecular weight is 482 g/mol. The molecular formula is C21H31IN4O. The maximum atomic E-state index is 12.0. The molecule has 0 spiro atoms. The van der Waals surface area contributed by atoms with E-state index in [-0.39, 0.29) is 36.4 Å². The van der Waals surface area contributed by atoms with Crippen molar-refractivity contribution in [1.82, 2.24) is 15.1 Å². The second-order valence-electron chi connectivity index (χ2n) is 7.35. The van der Waals surface area contributed by atoms with Crippen LogP contribution < -0.4 is 5.32 Å². The highest BCUT2D eigenvalue weighted by Gasteiger charge is 2.22. The number of hydrogen-bond acceptors (Lipinski definition) is 2. The summed E-state index contributed by atoms with van der Waals surface area (Å²) in [5.74, 6) is 0.920. The van der Waals surface area contributed by atoms with E-state index < -0.39 is 0 Å². The van der Waals surface area contributed by atoms with Gasteiger partial charge in [-0.2, -0.15) is 0 Å². The lowest BCUT2D eigenvalue weighted by atomic mass is 10.00. The maximum absolute atomic E-state index is 12.0. The fourth-order valence-corrected chi connectivity index (χ4v) is 3.55. The lowest BCUT2D eigenvalue weighted by molar-refractivity contribution is -0.127. The predicted octanol–water partition coefficient (Wildman–Crippen LogP) is 3.37. The van der Waals surface area contributed by atoms with E-state index in [2.05, 4.69) is 51.6 Å². The van der Waals surface area contributed by atoms with E-state index in [9.17, 15) is 4.79 Å². The smallest absolute Gasteiger partial charge is 0.243 e. The number of carbonyl (C=O) groups is 1. The van der Waals surface area contributed by atoms with Crippen molar-refractivity contribution in [2.24, 2.45) is 4.99 Å². The van der Waals surface area contributed by atoms with E-state index in [0.29, 0.717) is 6.04 Å². The van der Waals surface area contributed by atoms with Crippen molar-refractivity contribution < 1.29 is 4.79 Å². The van der Waals surface area contributed by atoms with Gasteiger partial charge >= 0.3 is 0 Å². The molecule has 3 rings (SSSR count). The van der Waals surface area contributed by atoms with Crippen LogP contribution in [0.3, 0.4) is 0 Å². The Kier molecular flexibility index (Phi) is 8.60. The number of guanidine groups is 1. The highest BCUT2D eigenvalue weighted by atomic mass is 127. The largest absolute Gasteiger partial charge is 0.353 e. The SMILES string of the molecule is CN(C)C(=O)CN=C(NC1CCCC1)N1CC=C(c2ccccc2)CC1.I. The number of hydrogen-bond donors (Lipinski definition) is 1. The zero-order valence-electron chi connectivity index (χ0n) is 16.4. The number of nitrogens with one attached hydrogen (secondary N) is 1. The molecule has 1 amide bonds. The molecule has 1 aliphatic carbocycles. The molecule has 2 aliphatic rings. The highest BCUT2D eigenvalue weighted by molar-refractivity contribution is 14.0. The van der Waals surface area contributed by atoms with Gasteiger partial charge in [0.2, 0.25) is 5.91 Å². The maximum Gasteiger partial charge on any atom is 0.243 e. The summed E-state index contributed by atoms with van der Waals surface area (Å²) < 4.78 is 0. The normalized spacial score (nSPS) is 17.9. The number of aliphatic imine (C=N–C) groups is 1. The summed E-state index contributed by atoms with van der Waals surface area (Å²) in [6.45, 7) is 1.96. The van der Waals surface area contributed by atoms with E-state index >= 15 is 0 Å². The third-order valence-corrected chi connectivity index (χ3v) is 5.20. The Morgan fingerprint density at radius 2 is 1.93 bits per heavy atom. The summed E-state index contributed by atoms with van der Waals surface area (Å²) in [4.78, 5) is 20.5. The van der Waals surface area contributed by atoms with Crippen molar-refractivity contribution in [3.05, 3.63) is 42.0 Å². The van der Waals surface area contributed by atoms with E-state index in [1.807, 2.05) is 0 Å². The summed E-state index contributed by atoms with van der Waals surface area (Å²) >= 11 is 0. The molecule has 1 heterocycles. The summed E-state index contributed by atoms with van der Waals surface area (Å²) in [6.07, 6.45) is 8.23. The molecule has 148 valence electrons. The highest BCUT2D eigenvalue weighted by Crippen LogP contribution is 2.23. The minimum atomic E-state index is 0. The number of likely N-dealkylation sites (N-methyl/N-ethyl adjacent to an activating group) is 1. The van der Waals surface area contributed by atoms with Crippen LogP contribution in [-0.2, 0) is 4.79 Å². The summed E-state index contributed by atoms with van der Waals surface area (Å²) in [5, 5.41) is 3.61. The predicted molar refractivity (Wildman–Crippen MR) is 122 cm³/mol. The molecule has 1 aromatic carbocycles. The Morgan fingerprint density at radius 1 is 1.22 bits per heavy atom. The fourth-order valence-electron chi connectivity index (χ4n) is 3.55. The van der Waals surface area contributed by atoms with E-state index in [1.165, 1.54) is 36.8 Å². The Hall–Kier alpha value is -1.57. The van der Waals surface area contributed by atoms with Crippen molar-refractivity contribution in [2.45, 2.75) is 38.1 Å². The number of carbonyl (C=O) groups excluding carboxylic acids is 1. The van der Waals surface area contributed by atoms with Gasteiger partial charge in [0.25, 0.3) is 0 Å². The van der Waals surface area contributed by atoms with Crippen molar-refractivity contribution in [3.63, 3.8) is 0 Å². The van der Waals surface area contributed by atoms with Crippen molar-refractivity contribution in [3.8, 4) is 0 Å². The molecule has 6 heteroatoms. The van der Waals surface area contributed by atoms with Gasteiger partial charge in [-0.05, 0) is 30.4 Å². The lowest BCUT2D eigenvalue weighted by Gasteiger charge is -2.31. The van der Waals surface area contributed by atoms with Crippen LogP contribution in [0.15, 0.2) is 41.4 Å². The minimum absolute atomic E-state index is 0. The molecule has 1 saturated carbocycles. The monoisotopic (exact) mass is 482 g/mol. The van der Waals surface area contributed by atoms with Gasteiger partial charge in [-0.15, -0.1) is 24.0 Å². The van der Waals surface area contributed by atoms with Crippen LogP contribution in [0.25, 0.3) is 5.57 Å². The van der Waals surface area contributed by atoms with Crippen LogP contribution in [0.5, 0.6) is 0 Å². The second-order valence-corrected chi connectivity index (χ2v) is 7.35. The second kappa shape index (κ2) is 10.7. The number of amides is 1. The minimum Gasteiger partial charge on any atom is -0.353 e. The molecule has 0 bridgehead atoms. The molecule has 5 nitrogen and oxygen atoms in total. The average Bonchev–Trinajstić information content (AvgIpc) is 3.19. The van der Waals surface area contributed by atoms with E-state index in [0.717, 1.165) is 25.5 Å². The van der Waals surface area contributed by atoms with Crippen LogP contribution >= 0.6 is 24.0 Å². The molecule has 0 unspecified atom stereocenters. The van der Waals surface area contributed by atoms with Crippen molar-refractivity contribution >= 4 is 41.4 Å². The Bertz CT molecular complexity index is 666. The molecule has 0 radical (unpaired) electrons. The molecule has 1 aliphatic heterocycles. The fraction of sp³-hybridized carbons (Fsp3) is 0.524. The van der Waals surface area contributed by atoms with Crippen molar-refractivity contribution in [1.29, 1.82) is 0 Å². The van der Waals surface area contributed by atoms with Crippen molar-refractivity contribution in [2.75, 3.05) is 33.7 Å². The number of benzene rings is 1. The topological polar surface area (TPSA) is 47.9 Å². The van der Waals surface area contributed by atoms with E-state index in [1.54, 1.807) is 19.0 Å². The Labute approximate surface area is 179 Å². The van der Waals surface area contributed by atoms with Crippen LogP contribution in [0, 0.1) is 0 Å². The molecule has 1 N–H and O–H groups in total. The first-order valence-corrected chi connectivity index (χ1v) is 9.64. The van der Waals surface area contributed by atoms with Crippen LogP contribution in [0.4, 0.5) is 0 Å². The molecule has 1 aromatic rings. The van der Waals surface area contributed by atoms with Gasteiger partial charge in [0, 0.05) is 33.2 Å². The molecule has 0 aromatic heterocycles. The first kappa shape index (κ1) is 21.7. The Balaban J connectivity index is 0.00000261. The molecule has 1 fully saturated rings. The van der Waals surface area contributed by atoms with Crippen LogP contribution in [0.2, 0.25) is 0 Å². The molecule has 0 saturated heterocycles. The standard InChI is InChI=1S/C21H30N4O.HI/c1-24(2)20(26)16-22-21(23-19-10-6-7-11-19)25-14-12-18(13-15-25)17-8-4-3-5-9-17;/h3-5,8-9,12,19H,6-7,10-11,13-16H2,1-2H3,(H,22,23);1H. The summed E-state index contributed by atoms with van der Waals surface area (Å²) in [5.41, 5.74) is 2.70. The lowest BCUT2D eigenvalue weighted by Crippen LogP contribution is -2.47. The molecule has 27 heavy (non-hydrogen) atoms. The zero-order valence-corrected chi connectivity index (χ0v) is 18.7. The van der Waals surface area contributed by atoms with Crippen LogP contribution in [0.1, 0.15) is 37.7 Å². The van der Waals surface area contributed by atoms with Crippen LogP contribution in [-0.4, -0.2) is 61.4 Å². The van der Waals surface area contributed by atoms with Gasteiger partial charge in [-0.3, -0.25) is 4.79 Å². The number of halogens is 1. The van der Waals surface area contributed by atoms with Gasteiger partial charge < -0.3 is 15.1 Å². The summed E-state index contributed by atoms with van der Waals surface area (Å²) in [6, 6.07) is 11.1. The first-order chi connectivity index (χ1) is 12.6. The molecular weight excluding hydrogens is 451 g/mol. The molecule has 0 atom stereocenters.